The van der Waals surface area contributed by atoms with Crippen molar-refractivity contribution in [3.05, 3.63) is 35.9 Å². The molecule has 2 amide bonds. The Morgan fingerprint density at radius 3 is 2.70 bits per heavy atom. The van der Waals surface area contributed by atoms with E-state index in [1.807, 2.05) is 18.2 Å². The van der Waals surface area contributed by atoms with Gasteiger partial charge in [-0.25, -0.2) is 0 Å². The van der Waals surface area contributed by atoms with Gasteiger partial charge in [-0.15, -0.1) is 0 Å². The molecule has 1 aliphatic rings. The number of ether oxygens (including phenoxy) is 1. The molecule has 0 spiro atoms. The van der Waals surface area contributed by atoms with E-state index >= 15 is 0 Å². The van der Waals surface area contributed by atoms with Gasteiger partial charge in [0.25, 0.3) is 0 Å². The Morgan fingerprint density at radius 1 is 1.35 bits per heavy atom. The lowest BCUT2D eigenvalue weighted by Crippen LogP contribution is -2.49. The van der Waals surface area contributed by atoms with Crippen LogP contribution in [0.3, 0.4) is 0 Å². The van der Waals surface area contributed by atoms with Gasteiger partial charge in [-0.05, 0) is 12.6 Å². The van der Waals surface area contributed by atoms with Crippen molar-refractivity contribution in [2.45, 2.75) is 19.1 Å². The largest absolute Gasteiger partial charge is 0.373 e. The Kier molecular flexibility index (Phi) is 6.12. The normalized spacial score (nSPS) is 21.7. The maximum atomic E-state index is 12.1. The highest BCUT2D eigenvalue weighted by Crippen LogP contribution is 2.28. The second kappa shape index (κ2) is 8.08. The van der Waals surface area contributed by atoms with E-state index in [4.69, 9.17) is 4.74 Å². The summed E-state index contributed by atoms with van der Waals surface area (Å²) in [5.41, 5.74) is 1.18. The van der Waals surface area contributed by atoms with E-state index < -0.39 is 0 Å². The maximum Gasteiger partial charge on any atom is 0.241 e. The highest BCUT2D eigenvalue weighted by Gasteiger charge is 2.32. The van der Waals surface area contributed by atoms with Gasteiger partial charge >= 0.3 is 0 Å². The molecule has 2 rings (SSSR count). The molecule has 1 N–H and O–H groups in total. The van der Waals surface area contributed by atoms with Gasteiger partial charge in [-0.2, -0.15) is 0 Å². The van der Waals surface area contributed by atoms with Gasteiger partial charge in [-0.1, -0.05) is 30.3 Å². The fourth-order valence-electron chi connectivity index (χ4n) is 2.84. The van der Waals surface area contributed by atoms with Gasteiger partial charge in [0.1, 0.15) is 0 Å². The Bertz CT molecular complexity index is 535. The van der Waals surface area contributed by atoms with E-state index in [0.717, 1.165) is 6.54 Å². The lowest BCUT2D eigenvalue weighted by molar-refractivity contribution is -0.135. The smallest absolute Gasteiger partial charge is 0.241 e. The van der Waals surface area contributed by atoms with Crippen LogP contribution in [0.5, 0.6) is 0 Å². The number of carbonyl (C=O) groups is 2. The summed E-state index contributed by atoms with van der Waals surface area (Å²) in [6.07, 6.45) is -0.0950. The number of hydrogen-bond donors (Lipinski definition) is 1. The minimum absolute atomic E-state index is 0.0183. The van der Waals surface area contributed by atoms with Crippen molar-refractivity contribution in [2.24, 2.45) is 0 Å². The molecular weight excluding hydrogens is 294 g/mol. The average Bonchev–Trinajstić information content (AvgIpc) is 2.53. The van der Waals surface area contributed by atoms with Crippen LogP contribution in [0.2, 0.25) is 0 Å². The highest BCUT2D eigenvalue weighted by atomic mass is 16.5. The van der Waals surface area contributed by atoms with Gasteiger partial charge in [0.2, 0.25) is 11.8 Å². The van der Waals surface area contributed by atoms with E-state index in [9.17, 15) is 9.59 Å². The van der Waals surface area contributed by atoms with Gasteiger partial charge in [0.15, 0.2) is 0 Å². The van der Waals surface area contributed by atoms with Crippen LogP contribution in [0.1, 0.15) is 18.5 Å². The molecule has 0 bridgehead atoms. The van der Waals surface area contributed by atoms with Crippen molar-refractivity contribution >= 4 is 11.8 Å². The molecule has 0 aliphatic carbocycles. The number of amides is 2. The molecule has 0 saturated carbocycles. The molecule has 0 unspecified atom stereocenters. The Balaban J connectivity index is 2.03. The second-order valence-electron chi connectivity index (χ2n) is 5.93. The maximum absolute atomic E-state index is 12.1. The number of morpholine rings is 1. The first-order chi connectivity index (χ1) is 11.0. The molecule has 126 valence electrons. The van der Waals surface area contributed by atoms with Crippen molar-refractivity contribution in [3.63, 3.8) is 0 Å². The Hall–Kier alpha value is -1.92. The zero-order valence-electron chi connectivity index (χ0n) is 14.0. The highest BCUT2D eigenvalue weighted by molar-refractivity contribution is 5.83. The summed E-state index contributed by atoms with van der Waals surface area (Å²) < 4.78 is 5.94. The summed E-state index contributed by atoms with van der Waals surface area (Å²) in [5, 5.41) is 2.53. The predicted molar refractivity (Wildman–Crippen MR) is 87.9 cm³/mol. The van der Waals surface area contributed by atoms with E-state index in [0.29, 0.717) is 13.2 Å². The van der Waals surface area contributed by atoms with Crippen molar-refractivity contribution in [3.8, 4) is 0 Å². The molecule has 2 atom stereocenters. The Morgan fingerprint density at radius 2 is 2.04 bits per heavy atom. The number of benzene rings is 1. The van der Waals surface area contributed by atoms with Crippen molar-refractivity contribution < 1.29 is 14.3 Å². The van der Waals surface area contributed by atoms with Gasteiger partial charge in [0, 0.05) is 27.1 Å². The van der Waals surface area contributed by atoms with Gasteiger partial charge < -0.3 is 15.0 Å². The summed E-state index contributed by atoms with van der Waals surface area (Å²) in [7, 11) is 3.82. The Labute approximate surface area is 137 Å². The summed E-state index contributed by atoms with van der Waals surface area (Å²) >= 11 is 0. The molecule has 1 aromatic rings. The first-order valence-corrected chi connectivity index (χ1v) is 7.84. The summed E-state index contributed by atoms with van der Waals surface area (Å²) in [4.78, 5) is 26.9. The van der Waals surface area contributed by atoms with Crippen LogP contribution < -0.4 is 5.32 Å². The van der Waals surface area contributed by atoms with E-state index in [-0.39, 0.29) is 30.5 Å². The lowest BCUT2D eigenvalue weighted by Gasteiger charge is -2.40. The lowest BCUT2D eigenvalue weighted by atomic mass is 9.98. The van der Waals surface area contributed by atoms with Crippen LogP contribution in [0.15, 0.2) is 30.3 Å². The van der Waals surface area contributed by atoms with Crippen LogP contribution in [0, 0.1) is 0 Å². The number of likely N-dealkylation sites (N-methyl/N-ethyl adjacent to an activating group) is 2. The van der Waals surface area contributed by atoms with Gasteiger partial charge in [-0.3, -0.25) is 14.5 Å². The minimum atomic E-state index is -0.206. The molecule has 1 aromatic carbocycles. The monoisotopic (exact) mass is 319 g/mol. The molecule has 1 heterocycles. The molecule has 0 radical (unpaired) electrons. The number of nitrogens with one attached hydrogen (secondary N) is 1. The molecule has 6 heteroatoms. The van der Waals surface area contributed by atoms with Crippen LogP contribution in [-0.4, -0.2) is 68.1 Å². The first kappa shape index (κ1) is 17.4. The first-order valence-electron chi connectivity index (χ1n) is 7.84. The van der Waals surface area contributed by atoms with E-state index in [1.54, 1.807) is 11.9 Å². The quantitative estimate of drug-likeness (QED) is 0.866. The third-order valence-corrected chi connectivity index (χ3v) is 4.11. The molecule has 0 aromatic heterocycles. The minimum Gasteiger partial charge on any atom is -0.373 e. The third-order valence-electron chi connectivity index (χ3n) is 4.11. The van der Waals surface area contributed by atoms with Crippen LogP contribution >= 0.6 is 0 Å². The SMILES string of the molecule is CC(=O)NCC(=O)N(C)C[C@@H]1OCCN(C)[C@H]1c1ccccc1. The molecule has 1 aliphatic heterocycles. The number of carbonyl (C=O) groups excluding carboxylic acids is 2. The fraction of sp³-hybridized carbons (Fsp3) is 0.529. The average molecular weight is 319 g/mol. The predicted octanol–water partition coefficient (Wildman–Crippen LogP) is 0.653. The fourth-order valence-corrected chi connectivity index (χ4v) is 2.84. The van der Waals surface area contributed by atoms with Crippen LogP contribution in [0.25, 0.3) is 0 Å². The zero-order valence-corrected chi connectivity index (χ0v) is 14.0. The van der Waals surface area contributed by atoms with E-state index in [1.165, 1.54) is 12.5 Å². The van der Waals surface area contributed by atoms with Crippen LogP contribution in [-0.2, 0) is 14.3 Å². The molecular formula is C17H25N3O3. The van der Waals surface area contributed by atoms with Crippen molar-refractivity contribution in [1.82, 2.24) is 15.1 Å². The van der Waals surface area contributed by atoms with Crippen molar-refractivity contribution in [1.29, 1.82) is 0 Å². The molecule has 1 saturated heterocycles. The summed E-state index contributed by atoms with van der Waals surface area (Å²) in [6.45, 7) is 3.42. The number of nitrogens with zero attached hydrogens (tertiary/aromatic N) is 2. The summed E-state index contributed by atoms with van der Waals surface area (Å²) in [6, 6.07) is 10.3. The zero-order chi connectivity index (χ0) is 16.8. The standard InChI is InChI=1S/C17H25N3O3/c1-13(21)18-11-16(22)20(3)12-15-17(19(2)9-10-23-15)14-7-5-4-6-8-14/h4-8,15,17H,9-12H2,1-3H3,(H,18,21)/t15-,17-/m0/s1. The molecule has 1 fully saturated rings. The second-order valence-corrected chi connectivity index (χ2v) is 5.93. The third kappa shape index (κ3) is 4.77. The number of hydrogen-bond acceptors (Lipinski definition) is 4. The topological polar surface area (TPSA) is 61.9 Å². The molecule has 6 nitrogen and oxygen atoms in total. The number of rotatable bonds is 5. The van der Waals surface area contributed by atoms with E-state index in [2.05, 4.69) is 29.4 Å². The van der Waals surface area contributed by atoms with Crippen LogP contribution in [0.4, 0.5) is 0 Å². The molecule has 23 heavy (non-hydrogen) atoms. The van der Waals surface area contributed by atoms with Crippen molar-refractivity contribution in [2.75, 3.05) is 40.3 Å². The van der Waals surface area contributed by atoms with Gasteiger partial charge in [0.05, 0.1) is 25.3 Å². The summed E-state index contributed by atoms with van der Waals surface area (Å²) in [5.74, 6) is -0.327.